The van der Waals surface area contributed by atoms with Gasteiger partial charge in [-0.2, -0.15) is 0 Å². The third-order valence-corrected chi connectivity index (χ3v) is 6.10. The van der Waals surface area contributed by atoms with Crippen molar-refractivity contribution in [2.45, 2.75) is 51.2 Å². The van der Waals surface area contributed by atoms with Gasteiger partial charge in [0.15, 0.2) is 0 Å². The normalized spacial score (nSPS) is 36.2. The predicted molar refractivity (Wildman–Crippen MR) is 93.0 cm³/mol. The van der Waals surface area contributed by atoms with E-state index >= 15 is 0 Å². The van der Waals surface area contributed by atoms with Crippen LogP contribution < -0.4 is 0 Å². The first-order chi connectivity index (χ1) is 11.9. The molecule has 1 N–H and O–H groups in total. The first kappa shape index (κ1) is 16.5. The van der Waals surface area contributed by atoms with Gasteiger partial charge >= 0.3 is 5.97 Å². The lowest BCUT2D eigenvalue weighted by molar-refractivity contribution is -0.144. The number of esters is 1. The molecule has 4 rings (SSSR count). The molecule has 0 radical (unpaired) electrons. The van der Waals surface area contributed by atoms with Crippen molar-refractivity contribution < 1.29 is 19.0 Å². The molecule has 3 aliphatic rings. The zero-order chi connectivity index (χ0) is 17.8. The monoisotopic (exact) mass is 342 g/mol. The van der Waals surface area contributed by atoms with Crippen LogP contribution in [0.2, 0.25) is 0 Å². The van der Waals surface area contributed by atoms with E-state index in [2.05, 4.69) is 6.92 Å². The molecule has 0 bridgehead atoms. The molecule has 1 aromatic rings. The zero-order valence-corrected chi connectivity index (χ0v) is 14.6. The van der Waals surface area contributed by atoms with Crippen molar-refractivity contribution in [2.24, 2.45) is 11.8 Å². The van der Waals surface area contributed by atoms with Crippen LogP contribution in [0.3, 0.4) is 0 Å². The second-order valence-corrected chi connectivity index (χ2v) is 7.81. The fraction of sp³-hybridized carbons (Fsp3) is 0.476. The molecular formula is C21H23FO3. The second kappa shape index (κ2) is 5.80. The Morgan fingerprint density at radius 1 is 1.36 bits per heavy atom. The number of fused-ring (bicyclic) bond motifs is 3. The van der Waals surface area contributed by atoms with Crippen molar-refractivity contribution in [3.05, 3.63) is 52.4 Å². The van der Waals surface area contributed by atoms with Crippen molar-refractivity contribution >= 4 is 12.0 Å². The van der Waals surface area contributed by atoms with E-state index in [1.807, 2.05) is 6.92 Å². The number of carbonyl (C=O) groups is 1. The topological polar surface area (TPSA) is 46.5 Å². The summed E-state index contributed by atoms with van der Waals surface area (Å²) in [6.45, 7) is 3.98. The summed E-state index contributed by atoms with van der Waals surface area (Å²) in [4.78, 5) is 12.5. The van der Waals surface area contributed by atoms with Gasteiger partial charge < -0.3 is 9.84 Å². The van der Waals surface area contributed by atoms with Crippen LogP contribution in [-0.2, 0) is 9.53 Å². The van der Waals surface area contributed by atoms with Crippen LogP contribution in [0.5, 0.6) is 0 Å². The predicted octanol–water partition coefficient (Wildman–Crippen LogP) is 4.02. The number of carbonyl (C=O) groups excluding carboxylic acids is 1. The molecule has 0 unspecified atom stereocenters. The fourth-order valence-corrected chi connectivity index (χ4v) is 4.80. The highest BCUT2D eigenvalue weighted by molar-refractivity contribution is 5.96. The molecule has 2 fully saturated rings. The Balaban J connectivity index is 1.74. The molecule has 1 aromatic carbocycles. The maximum Gasteiger partial charge on any atom is 0.334 e. The standard InChI is InChI=1S/C21H23FO3/c1-12-6-7-16-17(11-13-4-3-5-14(22)10-13)20(23)25-19(16)18-15(12)8-9-21(18,2)24/h3-5,10-11,16,18-19,24H,6-9H2,1-2H3/b17-11-/t16-,18-,19-,21+/m0/s1. The summed E-state index contributed by atoms with van der Waals surface area (Å²) in [5.74, 6) is -0.849. The summed E-state index contributed by atoms with van der Waals surface area (Å²) in [6, 6.07) is 6.23. The largest absolute Gasteiger partial charge is 0.458 e. The van der Waals surface area contributed by atoms with Gasteiger partial charge in [0.1, 0.15) is 11.9 Å². The molecule has 4 atom stereocenters. The maximum atomic E-state index is 13.5. The molecule has 0 amide bonds. The molecule has 1 heterocycles. The van der Waals surface area contributed by atoms with Gasteiger partial charge in [0.2, 0.25) is 0 Å². The Morgan fingerprint density at radius 3 is 2.92 bits per heavy atom. The minimum Gasteiger partial charge on any atom is -0.458 e. The summed E-state index contributed by atoms with van der Waals surface area (Å²) < 4.78 is 19.2. The van der Waals surface area contributed by atoms with E-state index in [9.17, 15) is 14.3 Å². The number of rotatable bonds is 1. The summed E-state index contributed by atoms with van der Waals surface area (Å²) in [7, 11) is 0. The number of hydrogen-bond acceptors (Lipinski definition) is 3. The SMILES string of the molecule is CC1=C2CC[C@@](C)(O)[C@@H]2[C@H]2OC(=O)/C(=C\c3cccc(F)c3)[C@@H]2CC1. The van der Waals surface area contributed by atoms with Gasteiger partial charge in [-0.15, -0.1) is 0 Å². The van der Waals surface area contributed by atoms with Gasteiger partial charge in [-0.3, -0.25) is 0 Å². The van der Waals surface area contributed by atoms with Crippen molar-refractivity contribution in [3.63, 3.8) is 0 Å². The van der Waals surface area contributed by atoms with Crippen LogP contribution in [0, 0.1) is 17.7 Å². The number of halogens is 1. The molecule has 132 valence electrons. The summed E-state index contributed by atoms with van der Waals surface area (Å²) in [6.07, 6.45) is 4.72. The lowest BCUT2D eigenvalue weighted by Gasteiger charge is -2.32. The number of benzene rings is 1. The highest BCUT2D eigenvalue weighted by Gasteiger charge is 2.54. The smallest absolute Gasteiger partial charge is 0.334 e. The quantitative estimate of drug-likeness (QED) is 0.476. The number of ether oxygens (including phenoxy) is 1. The lowest BCUT2D eigenvalue weighted by atomic mass is 9.79. The summed E-state index contributed by atoms with van der Waals surface area (Å²) in [5, 5.41) is 10.9. The third-order valence-electron chi connectivity index (χ3n) is 6.10. The first-order valence-electron chi connectivity index (χ1n) is 8.96. The minimum atomic E-state index is -0.849. The van der Waals surface area contributed by atoms with Crippen LogP contribution in [0.25, 0.3) is 6.08 Å². The van der Waals surface area contributed by atoms with E-state index in [4.69, 9.17) is 4.74 Å². The number of allylic oxidation sites excluding steroid dienone is 1. The van der Waals surface area contributed by atoms with Gasteiger partial charge in [-0.1, -0.05) is 23.3 Å². The van der Waals surface area contributed by atoms with Crippen LogP contribution in [0.4, 0.5) is 4.39 Å². The van der Waals surface area contributed by atoms with Gasteiger partial charge in [-0.05, 0) is 63.3 Å². The highest BCUT2D eigenvalue weighted by atomic mass is 19.1. The molecule has 4 heteroatoms. The highest BCUT2D eigenvalue weighted by Crippen LogP contribution is 2.52. The molecule has 1 saturated heterocycles. The molecule has 2 aliphatic carbocycles. The van der Waals surface area contributed by atoms with E-state index in [1.54, 1.807) is 18.2 Å². The zero-order valence-electron chi connectivity index (χ0n) is 14.6. The second-order valence-electron chi connectivity index (χ2n) is 7.81. The third kappa shape index (κ3) is 2.73. The number of aliphatic hydroxyl groups is 1. The van der Waals surface area contributed by atoms with E-state index in [1.165, 1.54) is 23.3 Å². The summed E-state index contributed by atoms with van der Waals surface area (Å²) >= 11 is 0. The van der Waals surface area contributed by atoms with Gasteiger partial charge in [0, 0.05) is 17.4 Å². The van der Waals surface area contributed by atoms with Crippen molar-refractivity contribution in [3.8, 4) is 0 Å². The molecule has 25 heavy (non-hydrogen) atoms. The van der Waals surface area contributed by atoms with Crippen molar-refractivity contribution in [2.75, 3.05) is 0 Å². The van der Waals surface area contributed by atoms with Gasteiger partial charge in [0.25, 0.3) is 0 Å². The van der Waals surface area contributed by atoms with Crippen molar-refractivity contribution in [1.82, 2.24) is 0 Å². The molecule has 0 aromatic heterocycles. The van der Waals surface area contributed by atoms with Crippen molar-refractivity contribution in [1.29, 1.82) is 0 Å². The Labute approximate surface area is 147 Å². The van der Waals surface area contributed by atoms with Crippen LogP contribution in [0.1, 0.15) is 45.1 Å². The first-order valence-corrected chi connectivity index (χ1v) is 8.96. The Hall–Kier alpha value is -1.94. The Morgan fingerprint density at radius 2 is 2.16 bits per heavy atom. The molecule has 0 spiro atoms. The average molecular weight is 342 g/mol. The summed E-state index contributed by atoms with van der Waals surface area (Å²) in [5.41, 5.74) is 3.00. The van der Waals surface area contributed by atoms with Crippen LogP contribution in [0.15, 0.2) is 41.0 Å². The van der Waals surface area contributed by atoms with E-state index < -0.39 is 5.60 Å². The molecule has 1 saturated carbocycles. The Kier molecular flexibility index (Phi) is 3.84. The van der Waals surface area contributed by atoms with E-state index in [-0.39, 0.29) is 29.7 Å². The van der Waals surface area contributed by atoms with E-state index in [0.29, 0.717) is 17.6 Å². The average Bonchev–Trinajstić information content (AvgIpc) is 2.96. The lowest BCUT2D eigenvalue weighted by Crippen LogP contribution is -2.40. The van der Waals surface area contributed by atoms with Gasteiger partial charge in [0.05, 0.1) is 5.60 Å². The van der Waals surface area contributed by atoms with Gasteiger partial charge in [-0.25, -0.2) is 9.18 Å². The number of hydrogen-bond donors (Lipinski definition) is 1. The van der Waals surface area contributed by atoms with Crippen LogP contribution >= 0.6 is 0 Å². The van der Waals surface area contributed by atoms with Crippen LogP contribution in [-0.4, -0.2) is 22.8 Å². The Bertz CT molecular complexity index is 790. The minimum absolute atomic E-state index is 0.0576. The van der Waals surface area contributed by atoms with E-state index in [0.717, 1.165) is 19.3 Å². The fourth-order valence-electron chi connectivity index (χ4n) is 4.80. The molecule has 3 nitrogen and oxygen atoms in total. The maximum absolute atomic E-state index is 13.5. The molecular weight excluding hydrogens is 319 g/mol. The molecule has 1 aliphatic heterocycles.